The first-order chi connectivity index (χ1) is 10.6. The highest BCUT2D eigenvalue weighted by atomic mass is 127. The van der Waals surface area contributed by atoms with Gasteiger partial charge in [-0.05, 0) is 49.8 Å². The van der Waals surface area contributed by atoms with E-state index in [4.69, 9.17) is 0 Å². The fourth-order valence-electron chi connectivity index (χ4n) is 2.53. The zero-order valence-electron chi connectivity index (χ0n) is 13.6. The number of aliphatic hydroxyl groups excluding tert-OH is 1. The molecule has 0 spiro atoms. The lowest BCUT2D eigenvalue weighted by Crippen LogP contribution is -2.46. The van der Waals surface area contributed by atoms with E-state index in [2.05, 4.69) is 15.2 Å². The molecule has 2 rings (SSSR count). The Morgan fingerprint density at radius 2 is 2.13 bits per heavy atom. The molecule has 0 unspecified atom stereocenters. The normalized spacial score (nSPS) is 16.2. The molecule has 0 atom stereocenters. The lowest BCUT2D eigenvalue weighted by atomic mass is 10.1. The van der Waals surface area contributed by atoms with Crippen molar-refractivity contribution in [3.05, 3.63) is 29.6 Å². The maximum atomic E-state index is 13.4. The molecule has 0 bridgehead atoms. The number of nitrogens with zero attached hydrogens (tertiary/aromatic N) is 2. The van der Waals surface area contributed by atoms with Crippen molar-refractivity contribution < 1.29 is 9.50 Å². The highest BCUT2D eigenvalue weighted by molar-refractivity contribution is 14.0. The van der Waals surface area contributed by atoms with Crippen LogP contribution < -0.4 is 5.32 Å². The Balaban J connectivity index is 0.00000264. The van der Waals surface area contributed by atoms with Gasteiger partial charge in [-0.3, -0.25) is 0 Å². The van der Waals surface area contributed by atoms with E-state index in [1.54, 1.807) is 23.9 Å². The molecular weight excluding hydrogens is 428 g/mol. The number of hydrogen-bond acceptors (Lipinski definition) is 3. The number of halogens is 2. The van der Waals surface area contributed by atoms with Crippen LogP contribution in [0, 0.1) is 5.82 Å². The molecule has 1 aromatic rings. The molecule has 1 aliphatic heterocycles. The minimum atomic E-state index is -0.228. The van der Waals surface area contributed by atoms with Crippen LogP contribution in [0.15, 0.2) is 28.1 Å². The zero-order valence-corrected chi connectivity index (χ0v) is 16.7. The summed E-state index contributed by atoms with van der Waals surface area (Å²) in [6.07, 6.45) is 3.31. The summed E-state index contributed by atoms with van der Waals surface area (Å²) in [5, 5.41) is 12.9. The van der Waals surface area contributed by atoms with E-state index in [1.807, 2.05) is 13.2 Å². The standard InChI is InChI=1S/C16H24FN3OS.HI/c1-3-18-16(20-8-6-14(21)7-9-20)19-11-12-10-13(17)4-5-15(12)22-2;/h4-5,10,14,21H,3,6-9,11H2,1-2H3,(H,18,19);1H. The zero-order chi connectivity index (χ0) is 15.9. The van der Waals surface area contributed by atoms with Crippen LogP contribution in [0.2, 0.25) is 0 Å². The van der Waals surface area contributed by atoms with Crippen LogP contribution in [-0.4, -0.2) is 48.0 Å². The van der Waals surface area contributed by atoms with Gasteiger partial charge in [-0.25, -0.2) is 9.38 Å². The molecule has 1 fully saturated rings. The second-order valence-corrected chi connectivity index (χ2v) is 6.19. The second kappa shape index (κ2) is 10.4. The maximum Gasteiger partial charge on any atom is 0.194 e. The molecule has 23 heavy (non-hydrogen) atoms. The van der Waals surface area contributed by atoms with Crippen LogP contribution in [0.4, 0.5) is 4.39 Å². The van der Waals surface area contributed by atoms with Crippen LogP contribution in [0.1, 0.15) is 25.3 Å². The summed E-state index contributed by atoms with van der Waals surface area (Å²) in [5.74, 6) is 0.611. The summed E-state index contributed by atoms with van der Waals surface area (Å²) in [6, 6.07) is 4.84. The molecular formula is C16H25FIN3OS. The Labute approximate surface area is 159 Å². The fraction of sp³-hybridized carbons (Fsp3) is 0.562. The largest absolute Gasteiger partial charge is 0.393 e. The van der Waals surface area contributed by atoms with Gasteiger partial charge in [-0.1, -0.05) is 0 Å². The predicted molar refractivity (Wildman–Crippen MR) is 105 cm³/mol. The van der Waals surface area contributed by atoms with Crippen molar-refractivity contribution in [2.24, 2.45) is 4.99 Å². The van der Waals surface area contributed by atoms with E-state index in [9.17, 15) is 9.50 Å². The van der Waals surface area contributed by atoms with E-state index in [0.29, 0.717) is 6.54 Å². The molecule has 1 aliphatic rings. The molecule has 0 aliphatic carbocycles. The predicted octanol–water partition coefficient (Wildman–Crippen LogP) is 3.09. The Morgan fingerprint density at radius 1 is 1.43 bits per heavy atom. The second-order valence-electron chi connectivity index (χ2n) is 5.34. The van der Waals surface area contributed by atoms with Crippen LogP contribution in [-0.2, 0) is 6.54 Å². The van der Waals surface area contributed by atoms with E-state index < -0.39 is 0 Å². The molecule has 0 radical (unpaired) electrons. The van der Waals surface area contributed by atoms with Crippen molar-refractivity contribution in [3.8, 4) is 0 Å². The lowest BCUT2D eigenvalue weighted by molar-refractivity contribution is 0.108. The first-order valence-corrected chi connectivity index (χ1v) is 8.90. The number of thioether (sulfide) groups is 1. The molecule has 0 saturated carbocycles. The van der Waals surface area contributed by atoms with E-state index in [1.165, 1.54) is 6.07 Å². The lowest BCUT2D eigenvalue weighted by Gasteiger charge is -2.32. The molecule has 1 aromatic carbocycles. The fourth-order valence-corrected chi connectivity index (χ4v) is 3.12. The first-order valence-electron chi connectivity index (χ1n) is 7.67. The summed E-state index contributed by atoms with van der Waals surface area (Å²) in [6.45, 7) is 4.87. The van der Waals surface area contributed by atoms with Crippen molar-refractivity contribution in [3.63, 3.8) is 0 Å². The molecule has 2 N–H and O–H groups in total. The number of rotatable bonds is 4. The van der Waals surface area contributed by atoms with Crippen molar-refractivity contribution in [1.29, 1.82) is 0 Å². The average molecular weight is 453 g/mol. The van der Waals surface area contributed by atoms with Crippen LogP contribution in [0.5, 0.6) is 0 Å². The average Bonchev–Trinajstić information content (AvgIpc) is 2.52. The van der Waals surface area contributed by atoms with Gasteiger partial charge in [0.05, 0.1) is 12.6 Å². The molecule has 0 aromatic heterocycles. The number of nitrogens with one attached hydrogen (secondary N) is 1. The minimum Gasteiger partial charge on any atom is -0.393 e. The molecule has 130 valence electrons. The molecule has 0 amide bonds. The van der Waals surface area contributed by atoms with Crippen molar-refractivity contribution in [2.75, 3.05) is 25.9 Å². The highest BCUT2D eigenvalue weighted by Crippen LogP contribution is 2.22. The number of likely N-dealkylation sites (tertiary alicyclic amines) is 1. The van der Waals surface area contributed by atoms with Gasteiger partial charge in [0, 0.05) is 24.5 Å². The van der Waals surface area contributed by atoms with E-state index >= 15 is 0 Å². The SMILES string of the molecule is CCNC(=NCc1cc(F)ccc1SC)N1CCC(O)CC1.I. The van der Waals surface area contributed by atoms with Crippen molar-refractivity contribution in [1.82, 2.24) is 10.2 Å². The van der Waals surface area contributed by atoms with Gasteiger partial charge < -0.3 is 15.3 Å². The molecule has 4 nitrogen and oxygen atoms in total. The molecule has 1 heterocycles. The Bertz CT molecular complexity index is 522. The first kappa shape index (κ1) is 20.5. The van der Waals surface area contributed by atoms with Gasteiger partial charge in [0.1, 0.15) is 5.82 Å². The summed E-state index contributed by atoms with van der Waals surface area (Å²) in [7, 11) is 0. The minimum absolute atomic E-state index is 0. The number of guanidine groups is 1. The highest BCUT2D eigenvalue weighted by Gasteiger charge is 2.19. The number of aliphatic imine (C=N–C) groups is 1. The van der Waals surface area contributed by atoms with E-state index in [-0.39, 0.29) is 35.9 Å². The number of benzene rings is 1. The van der Waals surface area contributed by atoms with Crippen LogP contribution in [0.25, 0.3) is 0 Å². The maximum absolute atomic E-state index is 13.4. The Morgan fingerprint density at radius 3 is 2.74 bits per heavy atom. The van der Waals surface area contributed by atoms with Crippen molar-refractivity contribution in [2.45, 2.75) is 37.3 Å². The smallest absolute Gasteiger partial charge is 0.194 e. The third-order valence-electron chi connectivity index (χ3n) is 3.74. The topological polar surface area (TPSA) is 47.9 Å². The van der Waals surface area contributed by atoms with E-state index in [0.717, 1.165) is 48.9 Å². The van der Waals surface area contributed by atoms with Gasteiger partial charge in [-0.15, -0.1) is 35.7 Å². The van der Waals surface area contributed by atoms with Gasteiger partial charge >= 0.3 is 0 Å². The molecule has 1 saturated heterocycles. The summed E-state index contributed by atoms with van der Waals surface area (Å²) < 4.78 is 13.4. The van der Waals surface area contributed by atoms with Gasteiger partial charge in [-0.2, -0.15) is 0 Å². The quantitative estimate of drug-likeness (QED) is 0.319. The Kier molecular flexibility index (Phi) is 9.23. The van der Waals surface area contributed by atoms with Gasteiger partial charge in [0.2, 0.25) is 0 Å². The third kappa shape index (κ3) is 6.11. The third-order valence-corrected chi connectivity index (χ3v) is 4.58. The summed E-state index contributed by atoms with van der Waals surface area (Å²) >= 11 is 1.60. The number of aliphatic hydroxyl groups is 1. The summed E-state index contributed by atoms with van der Waals surface area (Å²) in [4.78, 5) is 7.86. The van der Waals surface area contributed by atoms with Crippen LogP contribution in [0.3, 0.4) is 0 Å². The van der Waals surface area contributed by atoms with Crippen molar-refractivity contribution >= 4 is 41.7 Å². The van der Waals surface area contributed by atoms with Gasteiger partial charge in [0.25, 0.3) is 0 Å². The monoisotopic (exact) mass is 453 g/mol. The van der Waals surface area contributed by atoms with Gasteiger partial charge in [0.15, 0.2) is 5.96 Å². The number of piperidine rings is 1. The number of hydrogen-bond donors (Lipinski definition) is 2. The summed E-state index contributed by atoms with van der Waals surface area (Å²) in [5.41, 5.74) is 0.903. The van der Waals surface area contributed by atoms with Crippen LogP contribution >= 0.6 is 35.7 Å². The Hall–Kier alpha value is -0.540. The molecule has 7 heteroatoms.